The second-order valence-electron chi connectivity index (χ2n) is 9.64. The number of fused-ring (bicyclic) bond motifs is 7. The van der Waals surface area contributed by atoms with E-state index in [0.29, 0.717) is 0 Å². The number of benzene rings is 6. The zero-order valence-corrected chi connectivity index (χ0v) is 20.0. The van der Waals surface area contributed by atoms with Crippen LogP contribution in [0, 0.1) is 0 Å². The van der Waals surface area contributed by atoms with Gasteiger partial charge in [-0.1, -0.05) is 60.7 Å². The molecule has 0 aliphatic rings. The van der Waals surface area contributed by atoms with Crippen LogP contribution < -0.4 is 0 Å². The predicted molar refractivity (Wildman–Crippen MR) is 154 cm³/mol. The second kappa shape index (κ2) is 7.49. The van der Waals surface area contributed by atoms with Crippen molar-refractivity contribution in [3.63, 3.8) is 0 Å². The molecule has 1 N–H and O–H groups in total. The fourth-order valence-electron chi connectivity index (χ4n) is 5.91. The van der Waals surface area contributed by atoms with Crippen LogP contribution in [0.3, 0.4) is 0 Å². The van der Waals surface area contributed by atoms with Crippen molar-refractivity contribution in [3.8, 4) is 17.1 Å². The maximum Gasteiger partial charge on any atom is 0.115 e. The first-order valence-electron chi connectivity index (χ1n) is 12.5. The number of aromatic nitrogens is 2. The molecular weight excluding hydrogens is 452 g/mol. The van der Waals surface area contributed by atoms with Crippen LogP contribution in [-0.2, 0) is 0 Å². The number of para-hydroxylation sites is 2. The normalized spacial score (nSPS) is 11.9. The molecule has 0 aliphatic heterocycles. The number of hydrogen-bond donors (Lipinski definition) is 1. The third-order valence-electron chi connectivity index (χ3n) is 7.56. The highest BCUT2D eigenvalue weighted by atomic mass is 16.3. The van der Waals surface area contributed by atoms with E-state index < -0.39 is 0 Å². The third-order valence-corrected chi connectivity index (χ3v) is 7.56. The molecule has 3 heteroatoms. The van der Waals surface area contributed by atoms with Crippen molar-refractivity contribution in [2.45, 2.75) is 0 Å². The summed E-state index contributed by atoms with van der Waals surface area (Å²) in [6.45, 7) is 0. The maximum absolute atomic E-state index is 9.93. The highest BCUT2D eigenvalue weighted by molar-refractivity contribution is 6.15. The number of phenolic OH excluding ortho intramolecular Hbond substituents is 1. The number of hydrogen-bond acceptors (Lipinski definition) is 1. The Balaban J connectivity index is 1.50. The fraction of sp³-hybridized carbons (Fsp3) is 0. The van der Waals surface area contributed by atoms with Crippen molar-refractivity contribution < 1.29 is 5.11 Å². The Kier molecular flexibility index (Phi) is 4.09. The number of aromatic hydroxyl groups is 1. The molecule has 0 fully saturated rings. The Morgan fingerprint density at radius 3 is 1.59 bits per heavy atom. The highest BCUT2D eigenvalue weighted by Gasteiger charge is 2.17. The minimum atomic E-state index is 0.267. The Morgan fingerprint density at radius 1 is 0.378 bits per heavy atom. The molecule has 8 rings (SSSR count). The van der Waals surface area contributed by atoms with Crippen molar-refractivity contribution >= 4 is 54.4 Å². The van der Waals surface area contributed by atoms with Gasteiger partial charge in [-0.2, -0.15) is 0 Å². The van der Waals surface area contributed by atoms with Gasteiger partial charge in [0.2, 0.25) is 0 Å². The van der Waals surface area contributed by atoms with E-state index in [0.717, 1.165) is 22.4 Å². The Bertz CT molecular complexity index is 2090. The van der Waals surface area contributed by atoms with Crippen molar-refractivity contribution in [2.75, 3.05) is 0 Å². The van der Waals surface area contributed by atoms with Crippen LogP contribution in [0.2, 0.25) is 0 Å². The summed E-state index contributed by atoms with van der Waals surface area (Å²) in [4.78, 5) is 0. The molecule has 2 aromatic heterocycles. The first-order chi connectivity index (χ1) is 18.3. The average molecular weight is 475 g/mol. The number of nitrogens with zero attached hydrogens (tertiary/aromatic N) is 2. The molecular formula is C34H22N2O. The molecule has 174 valence electrons. The lowest BCUT2D eigenvalue weighted by Gasteiger charge is -2.10. The predicted octanol–water partition coefficient (Wildman–Crippen LogP) is 8.74. The molecule has 6 aromatic carbocycles. The molecule has 0 spiro atoms. The Labute approximate surface area is 213 Å². The van der Waals surface area contributed by atoms with Crippen molar-refractivity contribution in [2.24, 2.45) is 0 Å². The van der Waals surface area contributed by atoms with Gasteiger partial charge in [0.15, 0.2) is 0 Å². The monoisotopic (exact) mass is 474 g/mol. The van der Waals surface area contributed by atoms with Crippen LogP contribution in [0.15, 0.2) is 127 Å². The quantitative estimate of drug-likeness (QED) is 0.267. The van der Waals surface area contributed by atoms with Crippen LogP contribution >= 0.6 is 0 Å². The van der Waals surface area contributed by atoms with E-state index in [2.05, 4.69) is 112 Å². The van der Waals surface area contributed by atoms with Gasteiger partial charge in [0.05, 0.1) is 22.1 Å². The zero-order valence-electron chi connectivity index (χ0n) is 20.0. The van der Waals surface area contributed by atoms with E-state index in [9.17, 15) is 5.11 Å². The first kappa shape index (κ1) is 20.2. The van der Waals surface area contributed by atoms with E-state index in [1.165, 1.54) is 43.4 Å². The second-order valence-corrected chi connectivity index (χ2v) is 9.64. The topological polar surface area (TPSA) is 30.1 Å². The summed E-state index contributed by atoms with van der Waals surface area (Å²) in [5.41, 5.74) is 6.87. The molecule has 3 nitrogen and oxygen atoms in total. The van der Waals surface area contributed by atoms with E-state index >= 15 is 0 Å². The summed E-state index contributed by atoms with van der Waals surface area (Å²) < 4.78 is 4.67. The fourth-order valence-corrected chi connectivity index (χ4v) is 5.91. The molecule has 37 heavy (non-hydrogen) atoms. The summed E-state index contributed by atoms with van der Waals surface area (Å²) >= 11 is 0. The number of phenols is 1. The standard InChI is InChI=1S/C34H22N2O/c37-26-16-13-24(14-17-26)35-33-18-15-25(21-30(33)29-19-22-7-1-2-8-23(22)20-34(29)35)36-31-11-5-3-9-27(31)28-10-4-6-12-32(28)36/h1-21,37H. The van der Waals surface area contributed by atoms with Crippen LogP contribution in [0.5, 0.6) is 5.75 Å². The Hall–Kier alpha value is -5.02. The van der Waals surface area contributed by atoms with Crippen LogP contribution in [0.25, 0.3) is 65.8 Å². The first-order valence-corrected chi connectivity index (χ1v) is 12.5. The van der Waals surface area contributed by atoms with Crippen molar-refractivity contribution in [3.05, 3.63) is 127 Å². The van der Waals surface area contributed by atoms with Gasteiger partial charge < -0.3 is 14.2 Å². The van der Waals surface area contributed by atoms with Crippen LogP contribution in [-0.4, -0.2) is 14.2 Å². The third kappa shape index (κ3) is 2.88. The Morgan fingerprint density at radius 2 is 0.892 bits per heavy atom. The summed E-state index contributed by atoms with van der Waals surface area (Å²) in [5.74, 6) is 0.267. The lowest BCUT2D eigenvalue weighted by molar-refractivity contribution is 0.475. The smallest absolute Gasteiger partial charge is 0.115 e. The summed E-state index contributed by atoms with van der Waals surface area (Å²) in [6, 6.07) is 44.6. The van der Waals surface area contributed by atoms with Gasteiger partial charge in [-0.3, -0.25) is 0 Å². The van der Waals surface area contributed by atoms with E-state index in [1.807, 2.05) is 12.1 Å². The van der Waals surface area contributed by atoms with Gasteiger partial charge in [-0.15, -0.1) is 0 Å². The lowest BCUT2D eigenvalue weighted by Crippen LogP contribution is -1.95. The van der Waals surface area contributed by atoms with Gasteiger partial charge in [0.25, 0.3) is 0 Å². The minimum Gasteiger partial charge on any atom is -0.508 e. The highest BCUT2D eigenvalue weighted by Crippen LogP contribution is 2.38. The van der Waals surface area contributed by atoms with Crippen molar-refractivity contribution in [1.82, 2.24) is 9.13 Å². The largest absolute Gasteiger partial charge is 0.508 e. The van der Waals surface area contributed by atoms with Gasteiger partial charge in [-0.25, -0.2) is 0 Å². The summed E-state index contributed by atoms with van der Waals surface area (Å²) in [6.07, 6.45) is 0. The molecule has 8 aromatic rings. The van der Waals surface area contributed by atoms with Gasteiger partial charge in [0.1, 0.15) is 5.75 Å². The minimum absolute atomic E-state index is 0.267. The van der Waals surface area contributed by atoms with E-state index in [1.54, 1.807) is 12.1 Å². The van der Waals surface area contributed by atoms with Gasteiger partial charge in [-0.05, 0) is 77.5 Å². The molecule has 0 amide bonds. The lowest BCUT2D eigenvalue weighted by atomic mass is 10.1. The van der Waals surface area contributed by atoms with Crippen LogP contribution in [0.4, 0.5) is 0 Å². The molecule has 0 bridgehead atoms. The van der Waals surface area contributed by atoms with Crippen molar-refractivity contribution in [1.29, 1.82) is 0 Å². The average Bonchev–Trinajstić information content (AvgIpc) is 3.44. The molecule has 0 saturated carbocycles. The summed E-state index contributed by atoms with van der Waals surface area (Å²) in [5, 5.41) is 17.3. The molecule has 2 heterocycles. The molecule has 0 aliphatic carbocycles. The van der Waals surface area contributed by atoms with E-state index in [-0.39, 0.29) is 5.75 Å². The van der Waals surface area contributed by atoms with Gasteiger partial charge >= 0.3 is 0 Å². The summed E-state index contributed by atoms with van der Waals surface area (Å²) in [7, 11) is 0. The molecule has 0 saturated heterocycles. The maximum atomic E-state index is 9.93. The van der Waals surface area contributed by atoms with E-state index in [4.69, 9.17) is 0 Å². The molecule has 0 atom stereocenters. The van der Waals surface area contributed by atoms with Crippen LogP contribution in [0.1, 0.15) is 0 Å². The molecule has 0 unspecified atom stereocenters. The molecule has 0 radical (unpaired) electrons. The number of rotatable bonds is 2. The zero-order chi connectivity index (χ0) is 24.5. The SMILES string of the molecule is Oc1ccc(-n2c3ccc(-n4c5ccccc5c5ccccc54)cc3c3cc4ccccc4cc32)cc1. The van der Waals surface area contributed by atoms with Gasteiger partial charge in [0, 0.05) is 32.9 Å².